The first-order valence-electron chi connectivity index (χ1n) is 5.53. The molecule has 0 spiro atoms. The zero-order chi connectivity index (χ0) is 14.2. The molecule has 0 aliphatic heterocycles. The summed E-state index contributed by atoms with van der Waals surface area (Å²) < 4.78 is 24.1. The minimum atomic E-state index is -3.38. The van der Waals surface area contributed by atoms with Gasteiger partial charge >= 0.3 is 0 Å². The van der Waals surface area contributed by atoms with E-state index >= 15 is 0 Å². The second kappa shape index (κ2) is 4.95. The summed E-state index contributed by atoms with van der Waals surface area (Å²) in [6.07, 6.45) is 4.14. The van der Waals surface area contributed by atoms with Crippen LogP contribution in [0.4, 0.5) is 5.82 Å². The summed E-state index contributed by atoms with van der Waals surface area (Å²) in [6.45, 7) is 4.00. The van der Waals surface area contributed by atoms with Crippen LogP contribution >= 0.6 is 11.6 Å². The average molecular weight is 304 g/mol. The van der Waals surface area contributed by atoms with Gasteiger partial charge in [0.05, 0.1) is 16.7 Å². The van der Waals surface area contributed by atoms with Gasteiger partial charge in [0.2, 0.25) is 10.0 Å². The van der Waals surface area contributed by atoms with Crippen LogP contribution in [0.15, 0.2) is 12.5 Å². The molecule has 0 unspecified atom stereocenters. The van der Waals surface area contributed by atoms with Gasteiger partial charge in [-0.25, -0.2) is 18.4 Å². The molecule has 0 fully saturated rings. The lowest BCUT2D eigenvalue weighted by molar-refractivity contribution is 0.593. The molecule has 9 heteroatoms. The maximum absolute atomic E-state index is 11.1. The van der Waals surface area contributed by atoms with E-state index in [-0.39, 0.29) is 6.04 Å². The first kappa shape index (κ1) is 14.0. The van der Waals surface area contributed by atoms with Crippen LogP contribution in [0.2, 0.25) is 5.02 Å². The van der Waals surface area contributed by atoms with Crippen molar-refractivity contribution < 1.29 is 8.42 Å². The molecule has 0 atom stereocenters. The highest BCUT2D eigenvalue weighted by Crippen LogP contribution is 2.30. The van der Waals surface area contributed by atoms with Crippen LogP contribution < -0.4 is 10.3 Å². The lowest BCUT2D eigenvalue weighted by Crippen LogP contribution is -2.28. The number of sulfonamides is 1. The Morgan fingerprint density at radius 2 is 2.05 bits per heavy atom. The van der Waals surface area contributed by atoms with E-state index in [1.54, 1.807) is 6.20 Å². The van der Waals surface area contributed by atoms with Crippen molar-refractivity contribution in [3.8, 4) is 0 Å². The fourth-order valence-electron chi connectivity index (χ4n) is 1.67. The lowest BCUT2D eigenvalue weighted by atomic mass is 10.3. The van der Waals surface area contributed by atoms with Gasteiger partial charge in [-0.1, -0.05) is 11.6 Å². The molecule has 0 saturated heterocycles. The second-order valence-electron chi connectivity index (χ2n) is 4.40. The van der Waals surface area contributed by atoms with Crippen molar-refractivity contribution in [3.63, 3.8) is 0 Å². The molecule has 0 saturated carbocycles. The molecule has 0 aromatic carbocycles. The van der Waals surface area contributed by atoms with Gasteiger partial charge in [0.15, 0.2) is 5.82 Å². The van der Waals surface area contributed by atoms with Crippen molar-refractivity contribution in [1.29, 1.82) is 0 Å². The van der Waals surface area contributed by atoms with Crippen LogP contribution in [0.1, 0.15) is 19.9 Å². The van der Waals surface area contributed by atoms with Crippen molar-refractivity contribution in [2.45, 2.75) is 19.9 Å². The molecule has 2 heterocycles. The summed E-state index contributed by atoms with van der Waals surface area (Å²) in [5, 5.41) is 1.04. The molecule has 2 rings (SSSR count). The number of hydrogen-bond acceptors (Lipinski definition) is 5. The monoisotopic (exact) mass is 303 g/mol. The highest BCUT2D eigenvalue weighted by molar-refractivity contribution is 7.88. The van der Waals surface area contributed by atoms with Crippen LogP contribution in [-0.2, 0) is 10.0 Å². The Balaban J connectivity index is 2.51. The Kier molecular flexibility index (Phi) is 3.66. The molecule has 19 heavy (non-hydrogen) atoms. The van der Waals surface area contributed by atoms with Crippen LogP contribution in [0, 0.1) is 0 Å². The summed E-state index contributed by atoms with van der Waals surface area (Å²) >= 11 is 6.16. The summed E-state index contributed by atoms with van der Waals surface area (Å²) in [4.78, 5) is 10.3. The van der Waals surface area contributed by atoms with Crippen LogP contribution in [-0.4, -0.2) is 29.2 Å². The third-order valence-corrected chi connectivity index (χ3v) is 3.23. The van der Waals surface area contributed by atoms with Gasteiger partial charge < -0.3 is 4.57 Å². The largest absolute Gasteiger partial charge is 0.328 e. The zero-order valence-electron chi connectivity index (χ0n) is 10.7. The Labute approximate surface area is 116 Å². The number of nitrogens with one attached hydrogen (secondary N) is 2. The maximum atomic E-state index is 11.1. The molecule has 0 aliphatic rings. The van der Waals surface area contributed by atoms with Gasteiger partial charge in [-0.05, 0) is 13.8 Å². The van der Waals surface area contributed by atoms with Gasteiger partial charge in [0, 0.05) is 12.2 Å². The highest BCUT2D eigenvalue weighted by atomic mass is 35.5. The Bertz CT molecular complexity index is 710. The van der Waals surface area contributed by atoms with Crippen LogP contribution in [0.3, 0.4) is 0 Å². The predicted molar refractivity (Wildman–Crippen MR) is 74.5 cm³/mol. The first-order valence-corrected chi connectivity index (χ1v) is 7.80. The standard InChI is InChI=1S/C10H14ClN5O2S/c1-6(2)16-4-7(11)8-9(12-5-13-10(8)16)14-15-19(3,17)18/h4-6,15H,1-3H3,(H,12,13,14). The van der Waals surface area contributed by atoms with E-state index in [9.17, 15) is 8.42 Å². The Morgan fingerprint density at radius 3 is 2.63 bits per heavy atom. The molecule has 2 aromatic heterocycles. The minimum absolute atomic E-state index is 0.181. The third-order valence-electron chi connectivity index (χ3n) is 2.47. The van der Waals surface area contributed by atoms with E-state index in [0.29, 0.717) is 21.9 Å². The number of rotatable bonds is 4. The third kappa shape index (κ3) is 2.96. The number of halogens is 1. The van der Waals surface area contributed by atoms with E-state index in [2.05, 4.69) is 20.2 Å². The number of aromatic nitrogens is 3. The molecule has 0 radical (unpaired) electrons. The molecule has 0 bridgehead atoms. The van der Waals surface area contributed by atoms with Crippen molar-refractivity contribution in [2.24, 2.45) is 0 Å². The number of fused-ring (bicyclic) bond motifs is 1. The Hall–Kier alpha value is -1.38. The molecule has 104 valence electrons. The molecular weight excluding hydrogens is 290 g/mol. The summed E-state index contributed by atoms with van der Waals surface area (Å²) in [7, 11) is -3.38. The quantitative estimate of drug-likeness (QED) is 0.836. The summed E-state index contributed by atoms with van der Waals surface area (Å²) in [5.41, 5.74) is 3.18. The predicted octanol–water partition coefficient (Wildman–Crippen LogP) is 1.54. The number of nitrogens with zero attached hydrogens (tertiary/aromatic N) is 3. The molecule has 2 N–H and O–H groups in total. The average Bonchev–Trinajstić information content (AvgIpc) is 2.64. The molecular formula is C10H14ClN5O2S. The summed E-state index contributed by atoms with van der Waals surface area (Å²) in [6, 6.07) is 0.181. The molecule has 7 nitrogen and oxygen atoms in total. The van der Waals surface area contributed by atoms with Crippen molar-refractivity contribution in [3.05, 3.63) is 17.5 Å². The van der Waals surface area contributed by atoms with E-state index in [4.69, 9.17) is 11.6 Å². The van der Waals surface area contributed by atoms with E-state index < -0.39 is 10.0 Å². The number of hydrazine groups is 1. The van der Waals surface area contributed by atoms with Crippen molar-refractivity contribution in [1.82, 2.24) is 19.4 Å². The lowest BCUT2D eigenvalue weighted by Gasteiger charge is -2.09. The first-order chi connectivity index (χ1) is 8.79. The van der Waals surface area contributed by atoms with Gasteiger partial charge in [-0.15, -0.1) is 4.83 Å². The van der Waals surface area contributed by atoms with E-state index in [0.717, 1.165) is 6.26 Å². The van der Waals surface area contributed by atoms with Gasteiger partial charge in [-0.3, -0.25) is 5.43 Å². The van der Waals surface area contributed by atoms with Gasteiger partial charge in [-0.2, -0.15) is 0 Å². The topological polar surface area (TPSA) is 88.9 Å². The number of anilines is 1. The van der Waals surface area contributed by atoms with E-state index in [1.165, 1.54) is 6.33 Å². The highest BCUT2D eigenvalue weighted by Gasteiger charge is 2.15. The summed E-state index contributed by atoms with van der Waals surface area (Å²) in [5.74, 6) is 0.319. The van der Waals surface area contributed by atoms with Crippen LogP contribution in [0.25, 0.3) is 11.0 Å². The molecule has 2 aromatic rings. The van der Waals surface area contributed by atoms with Crippen molar-refractivity contribution in [2.75, 3.05) is 11.7 Å². The Morgan fingerprint density at radius 1 is 1.37 bits per heavy atom. The normalized spacial score (nSPS) is 12.3. The fourth-order valence-corrected chi connectivity index (χ4v) is 2.23. The smallest absolute Gasteiger partial charge is 0.225 e. The molecule has 0 aliphatic carbocycles. The maximum Gasteiger partial charge on any atom is 0.225 e. The van der Waals surface area contributed by atoms with Crippen LogP contribution in [0.5, 0.6) is 0 Å². The zero-order valence-corrected chi connectivity index (χ0v) is 12.2. The van der Waals surface area contributed by atoms with E-state index in [1.807, 2.05) is 18.4 Å². The second-order valence-corrected chi connectivity index (χ2v) is 6.55. The fraction of sp³-hybridized carbons (Fsp3) is 0.400. The minimum Gasteiger partial charge on any atom is -0.328 e. The van der Waals surface area contributed by atoms with Gasteiger partial charge in [0.1, 0.15) is 12.0 Å². The van der Waals surface area contributed by atoms with Gasteiger partial charge in [0.25, 0.3) is 0 Å². The van der Waals surface area contributed by atoms with Crippen molar-refractivity contribution >= 4 is 38.5 Å². The SMILES string of the molecule is CC(C)n1cc(Cl)c2c(NNS(C)(=O)=O)ncnc21. The molecule has 0 amide bonds. The number of hydrogen-bond donors (Lipinski definition) is 2.